The van der Waals surface area contributed by atoms with Crippen LogP contribution in [0.15, 0.2) is 59.5 Å². The minimum absolute atomic E-state index is 0.107. The number of carbonyl (C=O) groups is 3. The average Bonchev–Trinajstić information content (AvgIpc) is 2.91. The lowest BCUT2D eigenvalue weighted by Crippen LogP contribution is -2.52. The largest absolute Gasteiger partial charge is 0.481 e. The first-order valence-corrected chi connectivity index (χ1v) is 13.8. The molecule has 0 bridgehead atoms. The van der Waals surface area contributed by atoms with Crippen molar-refractivity contribution in [3.8, 4) is 11.5 Å². The number of nitrogens with one attached hydrogen (secondary N) is 1. The van der Waals surface area contributed by atoms with E-state index in [0.29, 0.717) is 24.3 Å². The molecule has 0 aliphatic carbocycles. The van der Waals surface area contributed by atoms with Crippen molar-refractivity contribution in [1.29, 1.82) is 0 Å². The Hall–Kier alpha value is -3.48. The lowest BCUT2D eigenvalue weighted by molar-refractivity contribution is -0.145. The molecule has 1 saturated heterocycles. The third-order valence-corrected chi connectivity index (χ3v) is 8.37. The highest BCUT2D eigenvalue weighted by atomic mass is 32.2. The topological polar surface area (TPSA) is 154 Å². The SMILES string of the molecule is CC(C)C(C(=O)NO)N(CCC(=O)N1CCC(C(=O)O)CC1)S(=O)(=O)c1ccc(Oc2ccccc2)cc1. The van der Waals surface area contributed by atoms with Crippen molar-refractivity contribution in [2.24, 2.45) is 11.8 Å². The molecule has 2 aromatic carbocycles. The van der Waals surface area contributed by atoms with Crippen molar-refractivity contribution in [2.45, 2.75) is 44.0 Å². The fourth-order valence-electron chi connectivity index (χ4n) is 4.42. The second-order valence-electron chi connectivity index (χ2n) is 9.41. The van der Waals surface area contributed by atoms with Gasteiger partial charge in [-0.1, -0.05) is 32.0 Å². The first-order valence-electron chi connectivity index (χ1n) is 12.3. The third kappa shape index (κ3) is 7.09. The number of sulfonamides is 1. The predicted molar refractivity (Wildman–Crippen MR) is 137 cm³/mol. The lowest BCUT2D eigenvalue weighted by atomic mass is 9.97. The standard InChI is InChI=1S/C26H33N3O8S/c1-18(2)24(25(31)27-34)29(17-14-23(30)28-15-12-19(13-16-28)26(32)33)38(35,36)22-10-8-21(9-11-22)37-20-6-4-3-5-7-20/h3-11,18-19,24,34H,12-17H2,1-2H3,(H,27,31)(H,32,33). The fraction of sp³-hybridized carbons (Fsp3) is 0.423. The number of carboxylic acids is 1. The quantitative estimate of drug-likeness (QED) is 0.287. The van der Waals surface area contributed by atoms with E-state index in [4.69, 9.17) is 4.74 Å². The Morgan fingerprint density at radius 1 is 1.03 bits per heavy atom. The van der Waals surface area contributed by atoms with Crippen molar-refractivity contribution < 1.29 is 37.9 Å². The molecule has 12 heteroatoms. The van der Waals surface area contributed by atoms with Gasteiger partial charge in [0.1, 0.15) is 17.5 Å². The number of ether oxygens (including phenoxy) is 1. The first-order chi connectivity index (χ1) is 18.0. The maximum Gasteiger partial charge on any atom is 0.306 e. The van der Waals surface area contributed by atoms with E-state index in [-0.39, 0.29) is 36.9 Å². The molecule has 1 heterocycles. The number of amides is 2. The Kier molecular flexibility index (Phi) is 9.84. The van der Waals surface area contributed by atoms with Crippen LogP contribution < -0.4 is 10.2 Å². The van der Waals surface area contributed by atoms with Crippen LogP contribution in [0.5, 0.6) is 11.5 Å². The van der Waals surface area contributed by atoms with Gasteiger partial charge < -0.3 is 14.7 Å². The van der Waals surface area contributed by atoms with E-state index in [1.54, 1.807) is 38.1 Å². The number of benzene rings is 2. The maximum atomic E-state index is 13.7. The van der Waals surface area contributed by atoms with Crippen LogP contribution in [-0.4, -0.2) is 71.4 Å². The van der Waals surface area contributed by atoms with Crippen LogP contribution in [0.4, 0.5) is 0 Å². The molecule has 3 N–H and O–H groups in total. The van der Waals surface area contributed by atoms with E-state index >= 15 is 0 Å². The van der Waals surface area contributed by atoms with Crippen molar-refractivity contribution in [2.75, 3.05) is 19.6 Å². The average molecular weight is 548 g/mol. The van der Waals surface area contributed by atoms with Gasteiger partial charge in [0.25, 0.3) is 5.91 Å². The second-order valence-corrected chi connectivity index (χ2v) is 11.3. The van der Waals surface area contributed by atoms with E-state index < -0.39 is 39.8 Å². The van der Waals surface area contributed by atoms with E-state index in [1.165, 1.54) is 34.6 Å². The summed E-state index contributed by atoms with van der Waals surface area (Å²) in [5.41, 5.74) is 1.54. The normalized spacial score (nSPS) is 15.3. The summed E-state index contributed by atoms with van der Waals surface area (Å²) in [6.07, 6.45) is 0.429. The summed E-state index contributed by atoms with van der Waals surface area (Å²) in [6.45, 7) is 3.49. The van der Waals surface area contributed by atoms with Gasteiger partial charge in [0, 0.05) is 26.1 Å². The van der Waals surface area contributed by atoms with Crippen molar-refractivity contribution >= 4 is 27.8 Å². The zero-order chi connectivity index (χ0) is 27.9. The monoisotopic (exact) mass is 547 g/mol. The highest BCUT2D eigenvalue weighted by molar-refractivity contribution is 7.89. The smallest absolute Gasteiger partial charge is 0.306 e. The molecule has 11 nitrogen and oxygen atoms in total. The molecule has 38 heavy (non-hydrogen) atoms. The van der Waals surface area contributed by atoms with Crippen LogP contribution in [-0.2, 0) is 24.4 Å². The molecule has 0 saturated carbocycles. The van der Waals surface area contributed by atoms with Crippen LogP contribution in [0.2, 0.25) is 0 Å². The minimum Gasteiger partial charge on any atom is -0.481 e. The van der Waals surface area contributed by atoms with Gasteiger partial charge in [-0.2, -0.15) is 4.31 Å². The Morgan fingerprint density at radius 2 is 1.61 bits per heavy atom. The van der Waals surface area contributed by atoms with Crippen molar-refractivity contribution in [3.05, 3.63) is 54.6 Å². The first kappa shape index (κ1) is 29.1. The molecular formula is C26H33N3O8S. The highest BCUT2D eigenvalue weighted by Gasteiger charge is 2.38. The van der Waals surface area contributed by atoms with Gasteiger partial charge in [0.2, 0.25) is 15.9 Å². The number of likely N-dealkylation sites (tertiary alicyclic amines) is 1. The summed E-state index contributed by atoms with van der Waals surface area (Å²) < 4.78 is 34.1. The zero-order valence-electron chi connectivity index (χ0n) is 21.3. The molecule has 1 atom stereocenters. The Balaban J connectivity index is 1.81. The third-order valence-electron chi connectivity index (χ3n) is 6.47. The van der Waals surface area contributed by atoms with Crippen molar-refractivity contribution in [1.82, 2.24) is 14.7 Å². The molecule has 3 rings (SSSR count). The molecule has 1 unspecified atom stereocenters. The number of para-hydroxylation sites is 1. The summed E-state index contributed by atoms with van der Waals surface area (Å²) in [5, 5.41) is 18.5. The summed E-state index contributed by atoms with van der Waals surface area (Å²) in [6, 6.07) is 13.4. The highest BCUT2D eigenvalue weighted by Crippen LogP contribution is 2.27. The number of hydrogen-bond acceptors (Lipinski definition) is 7. The Labute approximate surface area is 222 Å². The number of piperidine rings is 1. The van der Waals surface area contributed by atoms with Crippen LogP contribution >= 0.6 is 0 Å². The van der Waals surface area contributed by atoms with Gasteiger partial charge in [-0.25, -0.2) is 13.9 Å². The Morgan fingerprint density at radius 3 is 2.13 bits per heavy atom. The molecule has 2 amide bonds. The van der Waals surface area contributed by atoms with Gasteiger partial charge in [0.15, 0.2) is 0 Å². The maximum absolute atomic E-state index is 13.7. The van der Waals surface area contributed by atoms with Crippen molar-refractivity contribution in [3.63, 3.8) is 0 Å². The fourth-order valence-corrected chi connectivity index (χ4v) is 6.14. The lowest BCUT2D eigenvalue weighted by Gasteiger charge is -2.33. The number of hydroxylamine groups is 1. The number of hydrogen-bond donors (Lipinski definition) is 3. The molecule has 0 spiro atoms. The number of nitrogens with zero attached hydrogens (tertiary/aromatic N) is 2. The minimum atomic E-state index is -4.28. The van der Waals surface area contributed by atoms with Crippen LogP contribution in [0.3, 0.4) is 0 Å². The number of aliphatic carboxylic acids is 1. The summed E-state index contributed by atoms with van der Waals surface area (Å²) in [7, 11) is -4.28. The van der Waals surface area contributed by atoms with Crippen LogP contribution in [0.25, 0.3) is 0 Å². The molecule has 1 aliphatic heterocycles. The van der Waals surface area contributed by atoms with Gasteiger partial charge >= 0.3 is 5.97 Å². The van der Waals surface area contributed by atoms with Gasteiger partial charge in [-0.15, -0.1) is 0 Å². The number of carbonyl (C=O) groups excluding carboxylic acids is 2. The number of carboxylic acid groups (broad SMARTS) is 1. The summed E-state index contributed by atoms with van der Waals surface area (Å²) in [4.78, 5) is 38.0. The van der Waals surface area contributed by atoms with Gasteiger partial charge in [-0.05, 0) is 55.2 Å². The molecule has 0 radical (unpaired) electrons. The molecule has 0 aromatic heterocycles. The molecule has 1 fully saturated rings. The van der Waals surface area contributed by atoms with Crippen LogP contribution in [0.1, 0.15) is 33.1 Å². The zero-order valence-corrected chi connectivity index (χ0v) is 22.1. The summed E-state index contributed by atoms with van der Waals surface area (Å²) in [5.74, 6) is -2.20. The van der Waals surface area contributed by atoms with Gasteiger partial charge in [0.05, 0.1) is 10.8 Å². The van der Waals surface area contributed by atoms with E-state index in [9.17, 15) is 33.1 Å². The predicted octanol–water partition coefficient (Wildman–Crippen LogP) is 2.71. The van der Waals surface area contributed by atoms with Gasteiger partial charge in [-0.3, -0.25) is 19.6 Å². The second kappa shape index (κ2) is 12.9. The molecule has 2 aromatic rings. The Bertz CT molecular complexity index is 1210. The van der Waals surface area contributed by atoms with Crippen LogP contribution in [0, 0.1) is 11.8 Å². The van der Waals surface area contributed by atoms with E-state index in [1.807, 2.05) is 6.07 Å². The molecule has 206 valence electrons. The molecular weight excluding hydrogens is 514 g/mol. The summed E-state index contributed by atoms with van der Waals surface area (Å²) >= 11 is 0. The number of rotatable bonds is 11. The van der Waals surface area contributed by atoms with E-state index in [2.05, 4.69) is 0 Å². The molecule has 1 aliphatic rings. The van der Waals surface area contributed by atoms with E-state index in [0.717, 1.165) is 4.31 Å².